The molecule has 0 saturated heterocycles. The van der Waals surface area contributed by atoms with Crippen LogP contribution in [0.4, 0.5) is 30.8 Å². The number of alkyl halides is 3. The smallest absolute Gasteiger partial charge is 0.368 e. The normalized spacial score (nSPS) is 11.6. The van der Waals surface area contributed by atoms with Crippen LogP contribution in [0.2, 0.25) is 0 Å². The average molecular weight is 428 g/mol. The molecule has 160 valence electrons. The molecule has 0 fully saturated rings. The molecule has 1 aromatic carbocycles. The number of fused-ring (bicyclic) bond motifs is 1. The van der Waals surface area contributed by atoms with Crippen molar-refractivity contribution < 1.29 is 13.2 Å². The van der Waals surface area contributed by atoms with E-state index in [0.717, 1.165) is 18.6 Å². The van der Waals surface area contributed by atoms with Crippen LogP contribution in [-0.4, -0.2) is 36.0 Å². The van der Waals surface area contributed by atoms with E-state index in [1.165, 1.54) is 12.1 Å². The Balaban J connectivity index is 1.68. The van der Waals surface area contributed by atoms with E-state index >= 15 is 0 Å². The molecule has 3 aromatic heterocycles. The lowest BCUT2D eigenvalue weighted by Crippen LogP contribution is -2.08. The zero-order valence-electron chi connectivity index (χ0n) is 16.6. The van der Waals surface area contributed by atoms with Gasteiger partial charge >= 0.3 is 6.18 Å². The summed E-state index contributed by atoms with van der Waals surface area (Å²) < 4.78 is 40.2. The van der Waals surface area contributed by atoms with Gasteiger partial charge in [-0.1, -0.05) is 19.1 Å². The minimum atomic E-state index is -4.37. The molecule has 0 bridgehead atoms. The Hall–Kier alpha value is -3.76. The average Bonchev–Trinajstić information content (AvgIpc) is 3.15. The first-order chi connectivity index (χ1) is 14.9. The second-order valence-corrected chi connectivity index (χ2v) is 6.78. The first-order valence-electron chi connectivity index (χ1n) is 9.60. The summed E-state index contributed by atoms with van der Waals surface area (Å²) in [4.78, 5) is 21.6. The van der Waals surface area contributed by atoms with Crippen LogP contribution in [0.15, 0.2) is 49.2 Å². The molecule has 8 nitrogen and oxygen atoms in total. The van der Waals surface area contributed by atoms with Gasteiger partial charge in [0.15, 0.2) is 22.8 Å². The molecule has 0 aliphatic carbocycles. The molecule has 31 heavy (non-hydrogen) atoms. The van der Waals surface area contributed by atoms with E-state index in [4.69, 9.17) is 0 Å². The SMILES string of the molecule is CCCNc1nc(Nc2cnccn2)nc2c1ncn2Cc1ccc(C(F)(F)F)cc1. The predicted molar refractivity (Wildman–Crippen MR) is 110 cm³/mol. The van der Waals surface area contributed by atoms with Gasteiger partial charge in [0.2, 0.25) is 5.95 Å². The fraction of sp³-hybridized carbons (Fsp3) is 0.250. The monoisotopic (exact) mass is 428 g/mol. The summed E-state index contributed by atoms with van der Waals surface area (Å²) in [5.41, 5.74) is 1.12. The third-order valence-corrected chi connectivity index (χ3v) is 4.44. The van der Waals surface area contributed by atoms with Gasteiger partial charge in [-0.05, 0) is 24.1 Å². The lowest BCUT2D eigenvalue weighted by atomic mass is 10.1. The highest BCUT2D eigenvalue weighted by molar-refractivity contribution is 5.84. The first-order valence-corrected chi connectivity index (χ1v) is 9.60. The van der Waals surface area contributed by atoms with E-state index < -0.39 is 11.7 Å². The van der Waals surface area contributed by atoms with Gasteiger partial charge in [0.25, 0.3) is 0 Å². The Bertz CT molecular complexity index is 1160. The summed E-state index contributed by atoms with van der Waals surface area (Å²) in [5, 5.41) is 6.25. The van der Waals surface area contributed by atoms with Crippen LogP contribution in [0.5, 0.6) is 0 Å². The Morgan fingerprint density at radius 3 is 2.52 bits per heavy atom. The first kappa shape index (κ1) is 20.5. The second-order valence-electron chi connectivity index (χ2n) is 6.78. The van der Waals surface area contributed by atoms with Gasteiger partial charge in [-0.3, -0.25) is 4.98 Å². The van der Waals surface area contributed by atoms with E-state index in [0.29, 0.717) is 47.4 Å². The Morgan fingerprint density at radius 1 is 1.03 bits per heavy atom. The summed E-state index contributed by atoms with van der Waals surface area (Å²) in [6.07, 6.45) is 2.78. The van der Waals surface area contributed by atoms with Crippen molar-refractivity contribution in [3.05, 3.63) is 60.3 Å². The van der Waals surface area contributed by atoms with Crippen LogP contribution in [0.25, 0.3) is 11.2 Å². The van der Waals surface area contributed by atoms with Crippen molar-refractivity contribution in [1.29, 1.82) is 0 Å². The zero-order valence-corrected chi connectivity index (χ0v) is 16.6. The molecule has 0 atom stereocenters. The molecule has 4 aromatic rings. The minimum Gasteiger partial charge on any atom is -0.368 e. The fourth-order valence-corrected chi connectivity index (χ4v) is 2.96. The van der Waals surface area contributed by atoms with E-state index in [2.05, 4.69) is 35.6 Å². The predicted octanol–water partition coefficient (Wildman–Crippen LogP) is 4.25. The molecular formula is C20H19F3N8. The van der Waals surface area contributed by atoms with Gasteiger partial charge in [0, 0.05) is 18.9 Å². The maximum Gasteiger partial charge on any atom is 0.416 e. The van der Waals surface area contributed by atoms with Crippen molar-refractivity contribution >= 4 is 28.7 Å². The molecule has 4 rings (SSSR count). The van der Waals surface area contributed by atoms with Crippen molar-refractivity contribution in [2.24, 2.45) is 0 Å². The number of hydrogen-bond acceptors (Lipinski definition) is 7. The molecule has 0 aliphatic heterocycles. The molecular weight excluding hydrogens is 409 g/mol. The second kappa shape index (κ2) is 8.54. The van der Waals surface area contributed by atoms with Crippen LogP contribution >= 0.6 is 0 Å². The highest BCUT2D eigenvalue weighted by Gasteiger charge is 2.29. The lowest BCUT2D eigenvalue weighted by molar-refractivity contribution is -0.137. The van der Waals surface area contributed by atoms with E-state index in [-0.39, 0.29) is 0 Å². The summed E-state index contributed by atoms with van der Waals surface area (Å²) in [6, 6.07) is 5.03. The van der Waals surface area contributed by atoms with Crippen molar-refractivity contribution in [3.8, 4) is 0 Å². The van der Waals surface area contributed by atoms with Crippen LogP contribution in [-0.2, 0) is 12.7 Å². The van der Waals surface area contributed by atoms with Crippen LogP contribution in [0, 0.1) is 0 Å². The quantitative estimate of drug-likeness (QED) is 0.455. The van der Waals surface area contributed by atoms with Gasteiger partial charge in [-0.25, -0.2) is 9.97 Å². The number of halogens is 3. The van der Waals surface area contributed by atoms with Gasteiger partial charge < -0.3 is 15.2 Å². The fourth-order valence-electron chi connectivity index (χ4n) is 2.96. The third kappa shape index (κ3) is 4.71. The summed E-state index contributed by atoms with van der Waals surface area (Å²) >= 11 is 0. The van der Waals surface area contributed by atoms with Gasteiger partial charge in [0.05, 0.1) is 24.6 Å². The third-order valence-electron chi connectivity index (χ3n) is 4.44. The number of rotatable bonds is 7. The number of anilines is 3. The lowest BCUT2D eigenvalue weighted by Gasteiger charge is -2.11. The minimum absolute atomic E-state index is 0.306. The van der Waals surface area contributed by atoms with E-state index in [1.54, 1.807) is 29.5 Å². The van der Waals surface area contributed by atoms with E-state index in [1.807, 2.05) is 6.92 Å². The molecule has 11 heteroatoms. The Morgan fingerprint density at radius 2 is 1.84 bits per heavy atom. The van der Waals surface area contributed by atoms with Gasteiger partial charge in [0.1, 0.15) is 0 Å². The standard InChI is InChI=1S/C20H19F3N8/c1-2-7-26-17-16-18(30-19(29-17)28-15-10-24-8-9-25-15)31(12-27-16)11-13-3-5-14(6-4-13)20(21,22)23/h3-6,8-10,12H,2,7,11H2,1H3,(H2,25,26,28,29,30). The number of hydrogen-bond donors (Lipinski definition) is 2. The molecule has 0 spiro atoms. The molecule has 2 N–H and O–H groups in total. The summed E-state index contributed by atoms with van der Waals surface area (Å²) in [5.74, 6) is 1.35. The molecule has 0 unspecified atom stereocenters. The van der Waals surface area contributed by atoms with E-state index in [9.17, 15) is 13.2 Å². The van der Waals surface area contributed by atoms with Crippen LogP contribution in [0.3, 0.4) is 0 Å². The summed E-state index contributed by atoms with van der Waals surface area (Å²) in [7, 11) is 0. The Labute approximate surface area is 175 Å². The largest absolute Gasteiger partial charge is 0.416 e. The van der Waals surface area contributed by atoms with Crippen molar-refractivity contribution in [1.82, 2.24) is 29.5 Å². The van der Waals surface area contributed by atoms with Crippen LogP contribution < -0.4 is 10.6 Å². The number of aromatic nitrogens is 6. The number of nitrogens with one attached hydrogen (secondary N) is 2. The van der Waals surface area contributed by atoms with Crippen molar-refractivity contribution in [2.45, 2.75) is 26.1 Å². The number of benzene rings is 1. The molecule has 0 amide bonds. The molecule has 0 aliphatic rings. The van der Waals surface area contributed by atoms with Gasteiger partial charge in [-0.2, -0.15) is 23.1 Å². The van der Waals surface area contributed by atoms with Gasteiger partial charge in [-0.15, -0.1) is 0 Å². The van der Waals surface area contributed by atoms with Crippen molar-refractivity contribution in [3.63, 3.8) is 0 Å². The highest BCUT2D eigenvalue weighted by atomic mass is 19.4. The van der Waals surface area contributed by atoms with Crippen molar-refractivity contribution in [2.75, 3.05) is 17.2 Å². The molecule has 3 heterocycles. The summed E-state index contributed by atoms with van der Waals surface area (Å²) in [6.45, 7) is 3.04. The zero-order chi connectivity index (χ0) is 21.8. The highest BCUT2D eigenvalue weighted by Crippen LogP contribution is 2.29. The topological polar surface area (TPSA) is 93.4 Å². The number of nitrogens with zero attached hydrogens (tertiary/aromatic N) is 6. The molecule has 0 saturated carbocycles. The maximum absolute atomic E-state index is 12.8. The maximum atomic E-state index is 12.8. The molecule has 0 radical (unpaired) electrons. The van der Waals surface area contributed by atoms with Crippen LogP contribution in [0.1, 0.15) is 24.5 Å². The number of imidazole rings is 1. The Kier molecular flexibility index (Phi) is 5.65.